The molecule has 128 valence electrons. The molecule has 6 nitrogen and oxygen atoms in total. The van der Waals surface area contributed by atoms with E-state index >= 15 is 0 Å². The molecule has 1 aliphatic heterocycles. The van der Waals surface area contributed by atoms with Crippen molar-refractivity contribution in [2.75, 3.05) is 31.1 Å². The highest BCUT2D eigenvalue weighted by atomic mass is 19.4. The molecule has 0 unspecified atom stereocenters. The van der Waals surface area contributed by atoms with Gasteiger partial charge in [0.1, 0.15) is 6.54 Å². The minimum atomic E-state index is -4.40. The Morgan fingerprint density at radius 2 is 2.22 bits per heavy atom. The summed E-state index contributed by atoms with van der Waals surface area (Å²) in [7, 11) is 0. The van der Waals surface area contributed by atoms with Crippen molar-refractivity contribution < 1.29 is 22.7 Å². The van der Waals surface area contributed by atoms with Gasteiger partial charge in [0, 0.05) is 19.2 Å². The van der Waals surface area contributed by atoms with E-state index in [1.54, 1.807) is 12.1 Å². The van der Waals surface area contributed by atoms with Crippen molar-refractivity contribution in [2.45, 2.75) is 25.9 Å². The van der Waals surface area contributed by atoms with Crippen LogP contribution in [0, 0.1) is 5.92 Å². The number of nitrogens with one attached hydrogen (secondary N) is 1. The van der Waals surface area contributed by atoms with Crippen LogP contribution in [-0.4, -0.2) is 48.5 Å². The van der Waals surface area contributed by atoms with E-state index in [-0.39, 0.29) is 0 Å². The molecule has 1 aromatic rings. The first kappa shape index (κ1) is 17.3. The number of carbonyl (C=O) groups excluding carboxylic acids is 1. The summed E-state index contributed by atoms with van der Waals surface area (Å²) in [6.07, 6.45) is -3.13. The van der Waals surface area contributed by atoms with E-state index in [0.717, 1.165) is 0 Å². The van der Waals surface area contributed by atoms with Crippen molar-refractivity contribution in [3.05, 3.63) is 12.1 Å². The smallest absolute Gasteiger partial charge is 0.405 e. The minimum Gasteiger partial charge on any atom is -0.477 e. The number of nitrogens with zero attached hydrogens (tertiary/aromatic N) is 3. The number of anilines is 1. The van der Waals surface area contributed by atoms with E-state index in [1.807, 2.05) is 17.1 Å². The third-order valence-corrected chi connectivity index (χ3v) is 3.50. The number of rotatable bonds is 5. The van der Waals surface area contributed by atoms with Crippen LogP contribution in [0.1, 0.15) is 19.8 Å². The third-order valence-electron chi connectivity index (χ3n) is 3.50. The highest BCUT2D eigenvalue weighted by Gasteiger charge is 2.31. The van der Waals surface area contributed by atoms with Crippen LogP contribution < -0.4 is 15.0 Å². The minimum absolute atomic E-state index is 0.326. The van der Waals surface area contributed by atoms with Gasteiger partial charge in [-0.05, 0) is 25.8 Å². The Hall–Kier alpha value is -2.06. The summed E-state index contributed by atoms with van der Waals surface area (Å²) in [5.41, 5.74) is 0. The maximum atomic E-state index is 12.2. The van der Waals surface area contributed by atoms with Crippen LogP contribution in [-0.2, 0) is 4.79 Å². The van der Waals surface area contributed by atoms with Crippen molar-refractivity contribution in [1.29, 1.82) is 0 Å². The lowest BCUT2D eigenvalue weighted by Gasteiger charge is -2.32. The number of alkyl halides is 3. The van der Waals surface area contributed by atoms with Crippen molar-refractivity contribution in [3.63, 3.8) is 0 Å². The third kappa shape index (κ3) is 5.26. The Labute approximate surface area is 132 Å². The molecule has 0 aromatic carbocycles. The Balaban J connectivity index is 1.93. The van der Waals surface area contributed by atoms with Gasteiger partial charge in [0.25, 0.3) is 0 Å². The molecule has 1 saturated heterocycles. The quantitative estimate of drug-likeness (QED) is 0.890. The lowest BCUT2D eigenvalue weighted by atomic mass is 9.97. The molecule has 0 bridgehead atoms. The number of ether oxygens (including phenoxy) is 1. The number of halogens is 3. The van der Waals surface area contributed by atoms with Crippen LogP contribution in [0.4, 0.5) is 19.0 Å². The van der Waals surface area contributed by atoms with Gasteiger partial charge >= 0.3 is 6.18 Å². The number of hydrogen-bond acceptors (Lipinski definition) is 5. The number of amides is 1. The van der Waals surface area contributed by atoms with Gasteiger partial charge in [-0.3, -0.25) is 4.79 Å². The first-order valence-electron chi connectivity index (χ1n) is 7.45. The molecule has 9 heteroatoms. The molecule has 1 aliphatic rings. The molecule has 0 radical (unpaired) electrons. The van der Waals surface area contributed by atoms with E-state index in [9.17, 15) is 18.0 Å². The molecule has 0 aliphatic carbocycles. The number of aromatic nitrogens is 2. The zero-order valence-electron chi connectivity index (χ0n) is 12.8. The van der Waals surface area contributed by atoms with Crippen LogP contribution in [0.15, 0.2) is 12.1 Å². The van der Waals surface area contributed by atoms with Gasteiger partial charge in [0.05, 0.1) is 12.5 Å². The fourth-order valence-corrected chi connectivity index (χ4v) is 2.44. The molecule has 0 saturated carbocycles. The molecule has 1 amide bonds. The van der Waals surface area contributed by atoms with Gasteiger partial charge in [0.15, 0.2) is 5.82 Å². The summed E-state index contributed by atoms with van der Waals surface area (Å²) in [6.45, 7) is 2.03. The SMILES string of the molecule is CCOc1ccc(N2CCC[C@@H](C(=O)NCC(F)(F)F)C2)nn1. The Morgan fingerprint density at radius 3 is 2.83 bits per heavy atom. The summed E-state index contributed by atoms with van der Waals surface area (Å²) in [4.78, 5) is 13.7. The van der Waals surface area contributed by atoms with E-state index < -0.39 is 24.5 Å². The zero-order valence-corrected chi connectivity index (χ0v) is 12.8. The van der Waals surface area contributed by atoms with E-state index in [1.165, 1.54) is 0 Å². The van der Waals surface area contributed by atoms with Gasteiger partial charge in [-0.2, -0.15) is 13.2 Å². The summed E-state index contributed by atoms with van der Waals surface area (Å²) in [6, 6.07) is 3.41. The molecular formula is C14H19F3N4O2. The maximum Gasteiger partial charge on any atom is 0.405 e. The molecule has 0 spiro atoms. The Kier molecular flexibility index (Phi) is 5.62. The maximum absolute atomic E-state index is 12.2. The molecule has 23 heavy (non-hydrogen) atoms. The Morgan fingerprint density at radius 1 is 1.43 bits per heavy atom. The van der Waals surface area contributed by atoms with Crippen molar-refractivity contribution in [1.82, 2.24) is 15.5 Å². The van der Waals surface area contributed by atoms with Crippen LogP contribution in [0.3, 0.4) is 0 Å². The van der Waals surface area contributed by atoms with Crippen LogP contribution >= 0.6 is 0 Å². The summed E-state index contributed by atoms with van der Waals surface area (Å²) in [5.74, 6) is -0.0695. The normalized spacial score (nSPS) is 18.6. The molecule has 1 fully saturated rings. The first-order valence-corrected chi connectivity index (χ1v) is 7.45. The van der Waals surface area contributed by atoms with Crippen molar-refractivity contribution in [3.8, 4) is 5.88 Å². The number of piperidine rings is 1. The molecule has 2 rings (SSSR count). The van der Waals surface area contributed by atoms with Gasteiger partial charge < -0.3 is 15.0 Å². The highest BCUT2D eigenvalue weighted by Crippen LogP contribution is 2.22. The summed E-state index contributed by atoms with van der Waals surface area (Å²) < 4.78 is 41.7. The molecule has 1 atom stereocenters. The standard InChI is InChI=1S/C14H19F3N4O2/c1-2-23-12-6-5-11(19-20-12)21-7-3-4-10(8-21)13(22)18-9-14(15,16)17/h5-6,10H,2-4,7-9H2,1H3,(H,18,22)/t10-/m1/s1. The predicted octanol–water partition coefficient (Wildman–Crippen LogP) is 1.77. The number of hydrogen-bond donors (Lipinski definition) is 1. The van der Waals surface area contributed by atoms with E-state index in [4.69, 9.17) is 4.74 Å². The van der Waals surface area contributed by atoms with Gasteiger partial charge in [-0.25, -0.2) is 0 Å². The average Bonchev–Trinajstić information content (AvgIpc) is 2.53. The largest absolute Gasteiger partial charge is 0.477 e. The number of carbonyl (C=O) groups is 1. The Bertz CT molecular complexity index is 522. The second kappa shape index (κ2) is 7.47. The van der Waals surface area contributed by atoms with Crippen molar-refractivity contribution >= 4 is 11.7 Å². The molecule has 1 N–H and O–H groups in total. The fourth-order valence-electron chi connectivity index (χ4n) is 2.44. The van der Waals surface area contributed by atoms with Crippen LogP contribution in [0.5, 0.6) is 5.88 Å². The molecule has 2 heterocycles. The fraction of sp³-hybridized carbons (Fsp3) is 0.643. The second-order valence-electron chi connectivity index (χ2n) is 5.28. The van der Waals surface area contributed by atoms with Gasteiger partial charge in [0.2, 0.25) is 11.8 Å². The monoisotopic (exact) mass is 332 g/mol. The van der Waals surface area contributed by atoms with Crippen LogP contribution in [0.2, 0.25) is 0 Å². The van der Waals surface area contributed by atoms with Crippen LogP contribution in [0.25, 0.3) is 0 Å². The second-order valence-corrected chi connectivity index (χ2v) is 5.28. The van der Waals surface area contributed by atoms with Gasteiger partial charge in [-0.15, -0.1) is 10.2 Å². The lowest BCUT2D eigenvalue weighted by Crippen LogP contribution is -2.45. The van der Waals surface area contributed by atoms with Crippen molar-refractivity contribution in [2.24, 2.45) is 5.92 Å². The average molecular weight is 332 g/mol. The van der Waals surface area contributed by atoms with E-state index in [2.05, 4.69) is 10.2 Å². The van der Waals surface area contributed by atoms with Gasteiger partial charge in [-0.1, -0.05) is 0 Å². The lowest BCUT2D eigenvalue weighted by molar-refractivity contribution is -0.140. The summed E-state index contributed by atoms with van der Waals surface area (Å²) in [5, 5.41) is 9.90. The summed E-state index contributed by atoms with van der Waals surface area (Å²) >= 11 is 0. The molecule has 1 aromatic heterocycles. The van der Waals surface area contributed by atoms with E-state index in [0.29, 0.717) is 44.2 Å². The molecular weight excluding hydrogens is 313 g/mol. The predicted molar refractivity (Wildman–Crippen MR) is 77.2 cm³/mol. The topological polar surface area (TPSA) is 67.3 Å². The first-order chi connectivity index (χ1) is 10.9. The highest BCUT2D eigenvalue weighted by molar-refractivity contribution is 5.79. The zero-order chi connectivity index (χ0) is 16.9.